The van der Waals surface area contributed by atoms with Crippen LogP contribution < -0.4 is 9.80 Å². The van der Waals surface area contributed by atoms with Gasteiger partial charge in [-0.3, -0.25) is 0 Å². The van der Waals surface area contributed by atoms with Crippen LogP contribution in [0.1, 0.15) is 63.5 Å². The van der Waals surface area contributed by atoms with Gasteiger partial charge < -0.3 is 19.6 Å². The maximum atomic E-state index is 2.42. The average molecular weight is 431 g/mol. The van der Waals surface area contributed by atoms with E-state index in [1.165, 1.54) is 35.3 Å². The van der Waals surface area contributed by atoms with Gasteiger partial charge in [-0.05, 0) is 60.1 Å². The van der Waals surface area contributed by atoms with Gasteiger partial charge in [0.05, 0.1) is 13.3 Å². The molecule has 0 fully saturated rings. The second-order valence-electron chi connectivity index (χ2n) is 9.65. The molecule has 2 aliphatic rings. The molecule has 32 heavy (non-hydrogen) atoms. The van der Waals surface area contributed by atoms with Crippen LogP contribution in [0.4, 0.5) is 11.4 Å². The fourth-order valence-corrected chi connectivity index (χ4v) is 4.31. The maximum Gasteiger partial charge on any atom is 0.0941 e. The zero-order valence-corrected chi connectivity index (χ0v) is 20.1. The molecule has 0 aromatic heterocycles. The van der Waals surface area contributed by atoms with E-state index in [4.69, 9.17) is 0 Å². The number of rotatable bonds is 9. The van der Waals surface area contributed by atoms with Crippen LogP contribution in [0.3, 0.4) is 0 Å². The number of benzene rings is 2. The van der Waals surface area contributed by atoms with Crippen LogP contribution in [0.5, 0.6) is 0 Å². The van der Waals surface area contributed by atoms with E-state index in [2.05, 4.69) is 121 Å². The standard InChI is InChI=1S/C28H38N4/c1-23(2)25-9-7-11-27(19-25)31-17-15-29(21-31)13-5-6-14-30-16-18-32(22-30)28-12-8-10-26(20-28)24(3)4/h7-12,15-20,23-24H,5-6,13-14,21-22H2,1-4H3. The molecular weight excluding hydrogens is 392 g/mol. The van der Waals surface area contributed by atoms with Crippen LogP contribution in [0.2, 0.25) is 0 Å². The Kier molecular flexibility index (Phi) is 7.09. The van der Waals surface area contributed by atoms with Gasteiger partial charge in [0.25, 0.3) is 0 Å². The van der Waals surface area contributed by atoms with Gasteiger partial charge in [0.15, 0.2) is 0 Å². The molecule has 2 aromatic rings. The van der Waals surface area contributed by atoms with Crippen molar-refractivity contribution >= 4 is 11.4 Å². The van der Waals surface area contributed by atoms with Crippen LogP contribution in [-0.4, -0.2) is 36.2 Å². The van der Waals surface area contributed by atoms with Crippen molar-refractivity contribution in [3.63, 3.8) is 0 Å². The van der Waals surface area contributed by atoms with Crippen LogP contribution >= 0.6 is 0 Å². The van der Waals surface area contributed by atoms with E-state index in [0.717, 1.165) is 26.4 Å². The Morgan fingerprint density at radius 1 is 0.625 bits per heavy atom. The summed E-state index contributed by atoms with van der Waals surface area (Å²) in [7, 11) is 0. The highest BCUT2D eigenvalue weighted by Crippen LogP contribution is 2.26. The van der Waals surface area contributed by atoms with E-state index in [9.17, 15) is 0 Å². The molecule has 0 aliphatic carbocycles. The highest BCUT2D eigenvalue weighted by molar-refractivity contribution is 5.53. The fraction of sp³-hybridized carbons (Fsp3) is 0.429. The lowest BCUT2D eigenvalue weighted by Crippen LogP contribution is -2.28. The summed E-state index contributed by atoms with van der Waals surface area (Å²) in [5, 5.41) is 0. The SMILES string of the molecule is CC(C)c1cccc(N2C=CN(CCCCN3C=CN(c4cccc(C(C)C)c4)C3)C2)c1. The van der Waals surface area contributed by atoms with Crippen molar-refractivity contribution in [2.45, 2.75) is 52.4 Å². The quantitative estimate of drug-likeness (QED) is 0.420. The molecule has 0 unspecified atom stereocenters. The Hall–Kier alpha value is -2.88. The van der Waals surface area contributed by atoms with Crippen LogP contribution in [0, 0.1) is 0 Å². The molecule has 4 rings (SSSR count). The molecule has 0 saturated carbocycles. The number of unbranched alkanes of at least 4 members (excludes halogenated alkanes) is 1. The molecule has 0 saturated heterocycles. The highest BCUT2D eigenvalue weighted by Gasteiger charge is 2.16. The zero-order chi connectivity index (χ0) is 22.5. The molecule has 2 aliphatic heterocycles. The maximum absolute atomic E-state index is 2.42. The first-order valence-corrected chi connectivity index (χ1v) is 12.1. The first-order chi connectivity index (χ1) is 15.5. The molecule has 0 radical (unpaired) electrons. The summed E-state index contributed by atoms with van der Waals surface area (Å²) in [4.78, 5) is 9.54. The van der Waals surface area contributed by atoms with Gasteiger partial charge in [-0.25, -0.2) is 0 Å². The number of nitrogens with zero attached hydrogens (tertiary/aromatic N) is 4. The lowest BCUT2D eigenvalue weighted by molar-refractivity contribution is 0.354. The van der Waals surface area contributed by atoms with Crippen LogP contribution in [0.25, 0.3) is 0 Å². The van der Waals surface area contributed by atoms with E-state index in [0.29, 0.717) is 11.8 Å². The molecule has 0 amide bonds. The van der Waals surface area contributed by atoms with E-state index in [1.54, 1.807) is 0 Å². The third kappa shape index (κ3) is 5.48. The molecule has 4 nitrogen and oxygen atoms in total. The number of anilines is 2. The minimum atomic E-state index is 0.562. The second kappa shape index (κ2) is 10.2. The normalized spacial score (nSPS) is 15.8. The van der Waals surface area contributed by atoms with Crippen molar-refractivity contribution in [2.24, 2.45) is 0 Å². The summed E-state index contributed by atoms with van der Waals surface area (Å²) < 4.78 is 0. The summed E-state index contributed by atoms with van der Waals surface area (Å²) >= 11 is 0. The Labute approximate surface area is 194 Å². The van der Waals surface area contributed by atoms with Crippen molar-refractivity contribution in [2.75, 3.05) is 36.2 Å². The van der Waals surface area contributed by atoms with Gasteiger partial charge in [-0.1, -0.05) is 52.0 Å². The lowest BCUT2D eigenvalue weighted by atomic mass is 10.0. The molecular formula is C28H38N4. The van der Waals surface area contributed by atoms with Gasteiger partial charge >= 0.3 is 0 Å². The van der Waals surface area contributed by atoms with E-state index < -0.39 is 0 Å². The Bertz CT molecular complexity index is 868. The summed E-state index contributed by atoms with van der Waals surface area (Å²) in [6.45, 7) is 13.1. The fourth-order valence-electron chi connectivity index (χ4n) is 4.31. The molecule has 0 spiro atoms. The first kappa shape index (κ1) is 22.3. The van der Waals surface area contributed by atoms with Gasteiger partial charge in [-0.15, -0.1) is 0 Å². The smallest absolute Gasteiger partial charge is 0.0941 e. The van der Waals surface area contributed by atoms with Crippen LogP contribution in [0.15, 0.2) is 73.3 Å². The predicted octanol–water partition coefficient (Wildman–Crippen LogP) is 6.52. The third-order valence-corrected chi connectivity index (χ3v) is 6.46. The molecule has 170 valence electrons. The Morgan fingerprint density at radius 2 is 1.06 bits per heavy atom. The Balaban J connectivity index is 1.18. The van der Waals surface area contributed by atoms with E-state index in [1.807, 2.05) is 0 Å². The summed E-state index contributed by atoms with van der Waals surface area (Å²) in [6.07, 6.45) is 11.3. The lowest BCUT2D eigenvalue weighted by Gasteiger charge is -2.24. The van der Waals surface area contributed by atoms with E-state index in [-0.39, 0.29) is 0 Å². The highest BCUT2D eigenvalue weighted by atomic mass is 15.3. The summed E-state index contributed by atoms with van der Waals surface area (Å²) in [5.74, 6) is 1.12. The molecule has 2 heterocycles. The summed E-state index contributed by atoms with van der Waals surface area (Å²) in [6, 6.07) is 17.9. The zero-order valence-electron chi connectivity index (χ0n) is 20.1. The van der Waals surface area contributed by atoms with Crippen LogP contribution in [-0.2, 0) is 0 Å². The number of hydrogen-bond acceptors (Lipinski definition) is 4. The average Bonchev–Trinajstić information content (AvgIpc) is 3.47. The summed E-state index contributed by atoms with van der Waals surface area (Å²) in [5.41, 5.74) is 5.38. The number of hydrogen-bond donors (Lipinski definition) is 0. The Morgan fingerprint density at radius 3 is 1.47 bits per heavy atom. The van der Waals surface area contributed by atoms with Gasteiger partial charge in [-0.2, -0.15) is 0 Å². The van der Waals surface area contributed by atoms with Gasteiger partial charge in [0.1, 0.15) is 0 Å². The minimum Gasteiger partial charge on any atom is -0.358 e. The van der Waals surface area contributed by atoms with Crippen molar-refractivity contribution in [1.82, 2.24) is 9.80 Å². The first-order valence-electron chi connectivity index (χ1n) is 12.1. The largest absolute Gasteiger partial charge is 0.358 e. The molecule has 0 atom stereocenters. The topological polar surface area (TPSA) is 13.0 Å². The molecule has 0 bridgehead atoms. The van der Waals surface area contributed by atoms with Crippen molar-refractivity contribution in [1.29, 1.82) is 0 Å². The van der Waals surface area contributed by atoms with Gasteiger partial charge in [0, 0.05) is 49.3 Å². The minimum absolute atomic E-state index is 0.562. The molecule has 4 heteroatoms. The third-order valence-electron chi connectivity index (χ3n) is 6.46. The monoisotopic (exact) mass is 430 g/mol. The van der Waals surface area contributed by atoms with Crippen molar-refractivity contribution in [3.8, 4) is 0 Å². The van der Waals surface area contributed by atoms with Crippen molar-refractivity contribution < 1.29 is 0 Å². The molecule has 2 aromatic carbocycles. The second-order valence-corrected chi connectivity index (χ2v) is 9.65. The van der Waals surface area contributed by atoms with E-state index >= 15 is 0 Å². The van der Waals surface area contributed by atoms with Gasteiger partial charge in [0.2, 0.25) is 0 Å². The molecule has 0 N–H and O–H groups in total. The van der Waals surface area contributed by atoms with Crippen molar-refractivity contribution in [3.05, 3.63) is 84.5 Å². The predicted molar refractivity (Wildman–Crippen MR) is 137 cm³/mol.